The van der Waals surface area contributed by atoms with Crippen molar-refractivity contribution in [1.29, 1.82) is 0 Å². The third kappa shape index (κ3) is 3.21. The van der Waals surface area contributed by atoms with Gasteiger partial charge in [0.1, 0.15) is 6.04 Å². The van der Waals surface area contributed by atoms with E-state index in [1.54, 1.807) is 0 Å². The van der Waals surface area contributed by atoms with E-state index in [9.17, 15) is 18.0 Å². The van der Waals surface area contributed by atoms with E-state index in [1.165, 1.54) is 11.3 Å². The SMILES string of the molecule is O=C(NOC1CC2CCC1C2)C1CCC2CN1C(=O)N2OS(=O)(=O)O. The van der Waals surface area contributed by atoms with Gasteiger partial charge >= 0.3 is 16.4 Å². The van der Waals surface area contributed by atoms with Gasteiger partial charge in [-0.3, -0.25) is 14.2 Å². The predicted molar refractivity (Wildman–Crippen MR) is 81.8 cm³/mol. The van der Waals surface area contributed by atoms with Crippen LogP contribution in [0.4, 0.5) is 4.79 Å². The number of hydrogen-bond donors (Lipinski definition) is 2. The largest absolute Gasteiger partial charge is 0.418 e. The van der Waals surface area contributed by atoms with E-state index in [0.29, 0.717) is 29.7 Å². The first-order valence-corrected chi connectivity index (χ1v) is 9.90. The number of urea groups is 1. The van der Waals surface area contributed by atoms with Crippen molar-refractivity contribution in [1.82, 2.24) is 15.4 Å². The summed E-state index contributed by atoms with van der Waals surface area (Å²) in [4.78, 5) is 31.5. The Morgan fingerprint density at radius 1 is 1.20 bits per heavy atom. The van der Waals surface area contributed by atoms with Crippen LogP contribution in [0, 0.1) is 11.8 Å². The van der Waals surface area contributed by atoms with Crippen molar-refractivity contribution in [3.63, 3.8) is 0 Å². The molecule has 5 unspecified atom stereocenters. The van der Waals surface area contributed by atoms with Crippen LogP contribution in [0.15, 0.2) is 0 Å². The molecule has 4 rings (SSSR count). The lowest BCUT2D eigenvalue weighted by Crippen LogP contribution is -2.50. The Bertz CT molecular complexity index is 684. The van der Waals surface area contributed by atoms with E-state index in [4.69, 9.17) is 9.39 Å². The van der Waals surface area contributed by atoms with Gasteiger partial charge in [0.15, 0.2) is 0 Å². The van der Waals surface area contributed by atoms with Gasteiger partial charge < -0.3 is 4.90 Å². The van der Waals surface area contributed by atoms with Gasteiger partial charge in [-0.1, -0.05) is 0 Å². The Balaban J connectivity index is 1.35. The molecule has 0 aromatic rings. The number of amides is 3. The number of hydrogen-bond acceptors (Lipinski definition) is 6. The van der Waals surface area contributed by atoms with Gasteiger partial charge in [-0.05, 0) is 50.4 Å². The smallest absolute Gasteiger partial charge is 0.309 e. The number of carbonyl (C=O) groups is 2. The highest BCUT2D eigenvalue weighted by Crippen LogP contribution is 2.45. The maximum absolute atomic E-state index is 12.4. The summed E-state index contributed by atoms with van der Waals surface area (Å²) in [5.74, 6) is 0.769. The lowest BCUT2D eigenvalue weighted by molar-refractivity contribution is -0.146. The zero-order chi connectivity index (χ0) is 17.8. The number of nitrogens with zero attached hydrogens (tertiary/aromatic N) is 2. The lowest BCUT2D eigenvalue weighted by atomic mass is 9.98. The number of piperidine rings is 1. The Morgan fingerprint density at radius 3 is 2.64 bits per heavy atom. The summed E-state index contributed by atoms with van der Waals surface area (Å²) in [5.41, 5.74) is 2.49. The predicted octanol–water partition coefficient (Wildman–Crippen LogP) is 0.226. The summed E-state index contributed by atoms with van der Waals surface area (Å²) in [6, 6.07) is -2.00. The van der Waals surface area contributed by atoms with Crippen LogP contribution in [-0.4, -0.2) is 59.6 Å². The van der Waals surface area contributed by atoms with Gasteiger partial charge in [0.25, 0.3) is 5.91 Å². The zero-order valence-electron chi connectivity index (χ0n) is 13.5. The molecular formula is C14H21N3O7S. The molecule has 4 fully saturated rings. The molecule has 3 amide bonds. The average Bonchev–Trinajstić information content (AvgIpc) is 3.23. The second-order valence-electron chi connectivity index (χ2n) is 7.31. The minimum atomic E-state index is -4.79. The van der Waals surface area contributed by atoms with Gasteiger partial charge in [0, 0.05) is 6.54 Å². The van der Waals surface area contributed by atoms with Crippen molar-refractivity contribution in [2.45, 2.75) is 56.7 Å². The monoisotopic (exact) mass is 375 g/mol. The summed E-state index contributed by atoms with van der Waals surface area (Å²) in [5, 5.41) is 0.624. The molecular weight excluding hydrogens is 354 g/mol. The second-order valence-corrected chi connectivity index (χ2v) is 8.31. The Morgan fingerprint density at radius 2 is 2.00 bits per heavy atom. The minimum Gasteiger partial charge on any atom is -0.309 e. The maximum atomic E-state index is 12.4. The fraction of sp³-hybridized carbons (Fsp3) is 0.857. The second kappa shape index (κ2) is 6.08. The molecule has 4 bridgehead atoms. The number of nitrogens with one attached hydrogen (secondary N) is 1. The van der Waals surface area contributed by atoms with Crippen LogP contribution in [0.5, 0.6) is 0 Å². The molecule has 4 aliphatic rings. The maximum Gasteiger partial charge on any atom is 0.418 e. The molecule has 2 aliphatic heterocycles. The third-order valence-electron chi connectivity index (χ3n) is 5.78. The number of fused-ring (bicyclic) bond motifs is 4. The van der Waals surface area contributed by atoms with E-state index in [2.05, 4.69) is 9.76 Å². The Labute approximate surface area is 145 Å². The van der Waals surface area contributed by atoms with Gasteiger partial charge in [0.2, 0.25) is 0 Å². The van der Waals surface area contributed by atoms with Gasteiger partial charge in [-0.25, -0.2) is 10.3 Å². The fourth-order valence-corrected chi connectivity index (χ4v) is 5.03. The molecule has 11 heteroatoms. The van der Waals surface area contributed by atoms with Gasteiger partial charge in [-0.2, -0.15) is 13.5 Å². The van der Waals surface area contributed by atoms with Crippen LogP contribution in [0.2, 0.25) is 0 Å². The van der Waals surface area contributed by atoms with Crippen LogP contribution < -0.4 is 5.48 Å². The lowest BCUT2D eigenvalue weighted by Gasteiger charge is -2.30. The van der Waals surface area contributed by atoms with Crippen LogP contribution in [0.3, 0.4) is 0 Å². The average molecular weight is 375 g/mol. The molecule has 140 valence electrons. The number of hydroxylamine groups is 3. The molecule has 2 saturated heterocycles. The van der Waals surface area contributed by atoms with E-state index >= 15 is 0 Å². The van der Waals surface area contributed by atoms with Crippen LogP contribution >= 0.6 is 0 Å². The highest BCUT2D eigenvalue weighted by Gasteiger charge is 2.49. The molecule has 2 N–H and O–H groups in total. The topological polar surface area (TPSA) is 125 Å². The van der Waals surface area contributed by atoms with Crippen molar-refractivity contribution in [3.05, 3.63) is 0 Å². The van der Waals surface area contributed by atoms with Gasteiger partial charge in [-0.15, -0.1) is 4.28 Å². The number of carbonyl (C=O) groups excluding carboxylic acids is 2. The molecule has 2 saturated carbocycles. The first-order chi connectivity index (χ1) is 11.8. The highest BCUT2D eigenvalue weighted by molar-refractivity contribution is 7.80. The first-order valence-electron chi connectivity index (χ1n) is 8.54. The van der Waals surface area contributed by atoms with Crippen molar-refractivity contribution in [3.8, 4) is 0 Å². The highest BCUT2D eigenvalue weighted by atomic mass is 32.3. The minimum absolute atomic E-state index is 0.0349. The molecule has 0 radical (unpaired) electrons. The molecule has 10 nitrogen and oxygen atoms in total. The Hall–Kier alpha value is -1.43. The Kier molecular flexibility index (Phi) is 4.13. The van der Waals surface area contributed by atoms with Crippen molar-refractivity contribution in [2.24, 2.45) is 11.8 Å². The van der Waals surface area contributed by atoms with Crippen LogP contribution in [-0.2, 0) is 24.3 Å². The van der Waals surface area contributed by atoms with E-state index in [-0.39, 0.29) is 12.6 Å². The summed E-state index contributed by atoms with van der Waals surface area (Å²) in [6.07, 6.45) is 5.26. The summed E-state index contributed by atoms with van der Waals surface area (Å²) >= 11 is 0. The molecule has 0 aromatic heterocycles. The zero-order valence-corrected chi connectivity index (χ0v) is 14.4. The molecule has 0 aromatic carbocycles. The van der Waals surface area contributed by atoms with Crippen LogP contribution in [0.25, 0.3) is 0 Å². The number of rotatable bonds is 5. The normalized spacial score (nSPS) is 37.0. The van der Waals surface area contributed by atoms with Crippen molar-refractivity contribution < 1.29 is 31.7 Å². The fourth-order valence-electron chi connectivity index (χ4n) is 4.64. The van der Waals surface area contributed by atoms with E-state index in [1.807, 2.05) is 0 Å². The summed E-state index contributed by atoms with van der Waals surface area (Å²) in [6.45, 7) is 0.167. The molecule has 2 heterocycles. The van der Waals surface area contributed by atoms with Crippen LogP contribution in [0.1, 0.15) is 38.5 Å². The van der Waals surface area contributed by atoms with Crippen molar-refractivity contribution >= 4 is 22.3 Å². The van der Waals surface area contributed by atoms with E-state index in [0.717, 1.165) is 19.3 Å². The van der Waals surface area contributed by atoms with Gasteiger partial charge in [0.05, 0.1) is 12.1 Å². The summed E-state index contributed by atoms with van der Waals surface area (Å²) in [7, 11) is -4.79. The standard InChI is InChI=1S/C14H21N3O7S/c18-13(15-23-12-6-8-1-2-9(12)5-8)11-4-3-10-7-16(11)14(19)17(10)24-25(20,21)22/h8-12H,1-7H2,(H,15,18)(H,20,21,22). The summed E-state index contributed by atoms with van der Waals surface area (Å²) < 4.78 is 34.9. The first kappa shape index (κ1) is 17.0. The van der Waals surface area contributed by atoms with E-state index < -0.39 is 34.4 Å². The third-order valence-corrected chi connectivity index (χ3v) is 6.13. The molecule has 2 aliphatic carbocycles. The quantitative estimate of drug-likeness (QED) is 0.520. The van der Waals surface area contributed by atoms with Crippen molar-refractivity contribution in [2.75, 3.05) is 6.54 Å². The molecule has 25 heavy (non-hydrogen) atoms. The molecule has 0 spiro atoms. The molecule has 5 atom stereocenters.